The van der Waals surface area contributed by atoms with Crippen LogP contribution in [0.15, 0.2) is 93.7 Å². The van der Waals surface area contributed by atoms with Crippen molar-refractivity contribution in [2.45, 2.75) is 65.7 Å². The van der Waals surface area contributed by atoms with Crippen molar-refractivity contribution >= 4 is 50.7 Å². The molecule has 0 spiro atoms. The lowest BCUT2D eigenvalue weighted by Gasteiger charge is -2.49. The summed E-state index contributed by atoms with van der Waals surface area (Å²) in [6.07, 6.45) is 3.04. The van der Waals surface area contributed by atoms with Gasteiger partial charge in [-0.1, -0.05) is 81.8 Å². The lowest BCUT2D eigenvalue weighted by Crippen LogP contribution is -2.45. The van der Waals surface area contributed by atoms with Crippen LogP contribution in [-0.2, 0) is 20.8 Å². The highest BCUT2D eigenvalue weighted by atomic mass is 79.9. The van der Waals surface area contributed by atoms with Crippen molar-refractivity contribution in [2.75, 3.05) is 25.6 Å². The zero-order valence-electron chi connectivity index (χ0n) is 28.6. The minimum absolute atomic E-state index is 0.0665. The van der Waals surface area contributed by atoms with E-state index in [1.54, 1.807) is 24.3 Å². The Morgan fingerprint density at radius 1 is 0.898 bits per heavy atom. The molecule has 0 saturated heterocycles. The number of Topliss-reactive ketones (excluding diaryl/α,β-unsaturated/α-hetero) is 2. The van der Waals surface area contributed by atoms with Crippen LogP contribution in [0.2, 0.25) is 5.02 Å². The van der Waals surface area contributed by atoms with Gasteiger partial charge in [-0.05, 0) is 81.4 Å². The third-order valence-corrected chi connectivity index (χ3v) is 10.5. The predicted octanol–water partition coefficient (Wildman–Crippen LogP) is 9.06. The van der Waals surface area contributed by atoms with Crippen molar-refractivity contribution in [3.63, 3.8) is 0 Å². The number of benzene rings is 3. The first-order valence-electron chi connectivity index (χ1n) is 16.7. The Labute approximate surface area is 301 Å². The van der Waals surface area contributed by atoms with E-state index in [2.05, 4.69) is 66.0 Å². The quantitative estimate of drug-likeness (QED) is 0.235. The Kier molecular flexibility index (Phi) is 9.84. The van der Waals surface area contributed by atoms with E-state index in [0.717, 1.165) is 36.2 Å². The smallest absolute Gasteiger partial charge is 0.262 e. The Morgan fingerprint density at radius 2 is 1.49 bits per heavy atom. The minimum Gasteiger partial charge on any atom is -0.493 e. The average Bonchev–Trinajstić information content (AvgIpc) is 3.03. The molecule has 0 fully saturated rings. The van der Waals surface area contributed by atoms with Crippen LogP contribution in [0.25, 0.3) is 0 Å². The summed E-state index contributed by atoms with van der Waals surface area (Å²) in [5.74, 6) is -0.0691. The number of carbonyl (C=O) groups is 3. The van der Waals surface area contributed by atoms with E-state index in [-0.39, 0.29) is 34.9 Å². The minimum atomic E-state index is -0.548. The number of nitrogens with zero attached hydrogens (tertiary/aromatic N) is 1. The van der Waals surface area contributed by atoms with Crippen molar-refractivity contribution in [3.8, 4) is 11.5 Å². The molecule has 7 nitrogen and oxygen atoms in total. The summed E-state index contributed by atoms with van der Waals surface area (Å²) in [6.45, 7) is 8.97. The van der Waals surface area contributed by atoms with Crippen molar-refractivity contribution in [2.24, 2.45) is 10.8 Å². The highest BCUT2D eigenvalue weighted by Crippen LogP contribution is 2.55. The Bertz CT molecular complexity index is 1830. The molecule has 6 rings (SSSR count). The number of para-hydroxylation sites is 1. The molecule has 256 valence electrons. The largest absolute Gasteiger partial charge is 0.493 e. The van der Waals surface area contributed by atoms with E-state index < -0.39 is 5.92 Å². The van der Waals surface area contributed by atoms with Crippen LogP contribution in [0.3, 0.4) is 0 Å². The number of nitrogens with one attached hydrogen (secondary N) is 1. The topological polar surface area (TPSA) is 84.9 Å². The van der Waals surface area contributed by atoms with Gasteiger partial charge in [-0.25, -0.2) is 0 Å². The summed E-state index contributed by atoms with van der Waals surface area (Å²) >= 11 is 9.88. The van der Waals surface area contributed by atoms with Crippen LogP contribution in [0.5, 0.6) is 11.5 Å². The van der Waals surface area contributed by atoms with Gasteiger partial charge in [0.2, 0.25) is 0 Å². The van der Waals surface area contributed by atoms with Gasteiger partial charge in [0.15, 0.2) is 29.7 Å². The molecule has 3 aromatic rings. The number of ketones is 2. The first-order valence-corrected chi connectivity index (χ1v) is 17.8. The first kappa shape index (κ1) is 35.0. The number of allylic oxidation sites excluding steroid dienone is 4. The SMILES string of the molecule is COc1cc(C2C3=C(CC(C)(C)CC3=O)N(CCc3ccccc3)C3=C2C(=O)CC(C)(C)C3)cc(Br)c1OCC(=O)Nc1ccccc1Cl. The van der Waals surface area contributed by atoms with Gasteiger partial charge in [0.25, 0.3) is 5.91 Å². The van der Waals surface area contributed by atoms with Crippen LogP contribution in [-0.4, -0.2) is 42.6 Å². The Morgan fingerprint density at radius 3 is 2.08 bits per heavy atom. The fourth-order valence-corrected chi connectivity index (χ4v) is 8.23. The zero-order chi connectivity index (χ0) is 35.1. The number of methoxy groups -OCH3 is 1. The Hall–Kier alpha value is -3.88. The monoisotopic (exact) mass is 744 g/mol. The first-order chi connectivity index (χ1) is 23.3. The van der Waals surface area contributed by atoms with Gasteiger partial charge in [0.1, 0.15) is 0 Å². The molecule has 3 aromatic carbocycles. The van der Waals surface area contributed by atoms with Crippen LogP contribution in [0.1, 0.15) is 70.4 Å². The second kappa shape index (κ2) is 13.8. The second-order valence-corrected chi connectivity index (χ2v) is 16.0. The number of halogens is 2. The molecule has 0 bridgehead atoms. The number of hydrogen-bond acceptors (Lipinski definition) is 6. The molecule has 9 heteroatoms. The predicted molar refractivity (Wildman–Crippen MR) is 196 cm³/mol. The maximum absolute atomic E-state index is 14.3. The highest BCUT2D eigenvalue weighted by molar-refractivity contribution is 9.10. The van der Waals surface area contributed by atoms with Gasteiger partial charge < -0.3 is 19.7 Å². The number of ether oxygens (including phenoxy) is 2. The molecule has 1 heterocycles. The average molecular weight is 746 g/mol. The van der Waals surface area contributed by atoms with Gasteiger partial charge in [-0.3, -0.25) is 14.4 Å². The third kappa shape index (κ3) is 7.36. The molecule has 1 amide bonds. The molecule has 0 radical (unpaired) electrons. The summed E-state index contributed by atoms with van der Waals surface area (Å²) in [4.78, 5) is 43.6. The zero-order valence-corrected chi connectivity index (χ0v) is 31.0. The number of hydrogen-bond donors (Lipinski definition) is 1. The third-order valence-electron chi connectivity index (χ3n) is 9.57. The van der Waals surface area contributed by atoms with Crippen LogP contribution in [0.4, 0.5) is 5.69 Å². The molecule has 0 unspecified atom stereocenters. The summed E-state index contributed by atoms with van der Waals surface area (Å²) in [5, 5.41) is 3.19. The fourth-order valence-electron chi connectivity index (χ4n) is 7.47. The molecule has 1 aliphatic heterocycles. The molecular weight excluding hydrogens is 704 g/mol. The van der Waals surface area contributed by atoms with Crippen LogP contribution in [0, 0.1) is 10.8 Å². The Balaban J connectivity index is 1.41. The van der Waals surface area contributed by atoms with E-state index in [0.29, 0.717) is 57.2 Å². The van der Waals surface area contributed by atoms with E-state index in [1.807, 2.05) is 30.3 Å². The number of amides is 1. The highest BCUT2D eigenvalue weighted by Gasteiger charge is 2.49. The second-order valence-electron chi connectivity index (χ2n) is 14.8. The van der Waals surface area contributed by atoms with Gasteiger partial charge in [-0.15, -0.1) is 0 Å². The van der Waals surface area contributed by atoms with Gasteiger partial charge in [0, 0.05) is 47.8 Å². The van der Waals surface area contributed by atoms with E-state index in [1.165, 1.54) is 12.7 Å². The maximum atomic E-state index is 14.3. The molecule has 0 saturated carbocycles. The van der Waals surface area contributed by atoms with E-state index in [4.69, 9.17) is 21.1 Å². The van der Waals surface area contributed by atoms with Gasteiger partial charge in [0.05, 0.1) is 22.3 Å². The fraction of sp³-hybridized carbons (Fsp3) is 0.375. The van der Waals surface area contributed by atoms with E-state index in [9.17, 15) is 14.4 Å². The molecular formula is C40H42BrClN2O5. The molecule has 1 N–H and O–H groups in total. The molecule has 0 aromatic heterocycles. The van der Waals surface area contributed by atoms with Gasteiger partial charge >= 0.3 is 0 Å². The van der Waals surface area contributed by atoms with Crippen LogP contribution < -0.4 is 14.8 Å². The lowest BCUT2D eigenvalue weighted by molar-refractivity contribution is -0.120. The molecule has 3 aliphatic rings. The number of rotatable bonds is 9. The summed E-state index contributed by atoms with van der Waals surface area (Å²) < 4.78 is 12.3. The van der Waals surface area contributed by atoms with E-state index >= 15 is 0 Å². The van der Waals surface area contributed by atoms with Crippen molar-refractivity contribution < 1.29 is 23.9 Å². The van der Waals surface area contributed by atoms with Crippen molar-refractivity contribution in [3.05, 3.63) is 110 Å². The lowest BCUT2D eigenvalue weighted by atomic mass is 9.63. The van der Waals surface area contributed by atoms with Gasteiger partial charge in [-0.2, -0.15) is 0 Å². The van der Waals surface area contributed by atoms with Crippen molar-refractivity contribution in [1.82, 2.24) is 4.90 Å². The number of carbonyl (C=O) groups excluding carboxylic acids is 3. The summed E-state index contributed by atoms with van der Waals surface area (Å²) in [6, 6.07) is 21.1. The maximum Gasteiger partial charge on any atom is 0.262 e. The molecule has 2 aliphatic carbocycles. The van der Waals surface area contributed by atoms with Crippen molar-refractivity contribution in [1.29, 1.82) is 0 Å². The summed E-state index contributed by atoms with van der Waals surface area (Å²) in [7, 11) is 1.53. The molecule has 49 heavy (non-hydrogen) atoms. The summed E-state index contributed by atoms with van der Waals surface area (Å²) in [5.41, 5.74) is 5.43. The van der Waals surface area contributed by atoms with Crippen LogP contribution >= 0.6 is 27.5 Å². The molecule has 0 atom stereocenters. The normalized spacial score (nSPS) is 18.6. The number of anilines is 1. The standard InChI is InChI=1S/C40H42BrClN2O5/c1-39(2)19-29-36(31(45)21-39)35(37-30(20-40(3,4)22-32(37)46)44(29)16-15-24-11-7-6-8-12-24)25-17-26(41)38(33(18-25)48-5)49-23-34(47)43-28-14-10-9-13-27(28)42/h6-14,17-18,35H,15-16,19-23H2,1-5H3,(H,43,47).